The molecule has 1 aliphatic heterocycles. The average Bonchev–Trinajstić information content (AvgIpc) is 3.28. The Bertz CT molecular complexity index is 917. The van der Waals surface area contributed by atoms with Gasteiger partial charge >= 0.3 is 0 Å². The maximum atomic E-state index is 12.8. The SMILES string of the molecule is C[C@@H](O)c1cc2n(n1)CCN(C(=O)c1csc(Cc3ccccc3)n1)C2. The lowest BCUT2D eigenvalue weighted by Gasteiger charge is -2.27. The van der Waals surface area contributed by atoms with Crippen molar-refractivity contribution in [2.45, 2.75) is 32.5 Å². The van der Waals surface area contributed by atoms with E-state index in [2.05, 4.69) is 22.2 Å². The molecule has 7 heteroatoms. The van der Waals surface area contributed by atoms with Crippen LogP contribution in [0.15, 0.2) is 41.8 Å². The zero-order valence-electron chi connectivity index (χ0n) is 14.5. The molecule has 0 spiro atoms. The highest BCUT2D eigenvalue weighted by atomic mass is 32.1. The monoisotopic (exact) mass is 368 g/mol. The number of amides is 1. The summed E-state index contributed by atoms with van der Waals surface area (Å²) >= 11 is 1.52. The highest BCUT2D eigenvalue weighted by Gasteiger charge is 2.25. The molecule has 1 N–H and O–H groups in total. The Hall–Kier alpha value is -2.51. The summed E-state index contributed by atoms with van der Waals surface area (Å²) in [6.07, 6.45) is 0.139. The number of carbonyl (C=O) groups excluding carboxylic acids is 1. The minimum atomic E-state index is -0.601. The van der Waals surface area contributed by atoms with Crippen LogP contribution in [0.3, 0.4) is 0 Å². The predicted molar refractivity (Wildman–Crippen MR) is 99.0 cm³/mol. The molecule has 0 aliphatic carbocycles. The molecule has 134 valence electrons. The molecule has 1 aromatic carbocycles. The van der Waals surface area contributed by atoms with Crippen LogP contribution in [0.2, 0.25) is 0 Å². The van der Waals surface area contributed by atoms with Gasteiger partial charge in [0.2, 0.25) is 0 Å². The second-order valence-corrected chi connectivity index (χ2v) is 7.42. The lowest BCUT2D eigenvalue weighted by molar-refractivity contribution is 0.0700. The molecule has 0 radical (unpaired) electrons. The Morgan fingerprint density at radius 3 is 2.88 bits per heavy atom. The first kappa shape index (κ1) is 16.9. The van der Waals surface area contributed by atoms with Crippen molar-refractivity contribution in [1.82, 2.24) is 19.7 Å². The second-order valence-electron chi connectivity index (χ2n) is 6.48. The zero-order chi connectivity index (χ0) is 18.1. The summed E-state index contributed by atoms with van der Waals surface area (Å²) in [5, 5.41) is 16.9. The van der Waals surface area contributed by atoms with Crippen LogP contribution in [0, 0.1) is 0 Å². The van der Waals surface area contributed by atoms with Gasteiger partial charge in [-0.3, -0.25) is 9.48 Å². The van der Waals surface area contributed by atoms with Gasteiger partial charge in [0.25, 0.3) is 5.91 Å². The average molecular weight is 368 g/mol. The number of nitrogens with zero attached hydrogens (tertiary/aromatic N) is 4. The smallest absolute Gasteiger partial charge is 0.273 e. The van der Waals surface area contributed by atoms with Gasteiger partial charge < -0.3 is 10.0 Å². The molecule has 3 aromatic rings. The van der Waals surface area contributed by atoms with E-state index in [0.29, 0.717) is 31.0 Å². The summed E-state index contributed by atoms with van der Waals surface area (Å²) < 4.78 is 1.87. The third-order valence-electron chi connectivity index (χ3n) is 4.50. The molecule has 1 atom stereocenters. The number of thiazole rings is 1. The van der Waals surface area contributed by atoms with Crippen LogP contribution >= 0.6 is 11.3 Å². The number of hydrogen-bond donors (Lipinski definition) is 1. The van der Waals surface area contributed by atoms with Crippen molar-refractivity contribution in [3.63, 3.8) is 0 Å². The van der Waals surface area contributed by atoms with Crippen molar-refractivity contribution in [2.75, 3.05) is 6.54 Å². The Labute approximate surface area is 155 Å². The number of aromatic nitrogens is 3. The van der Waals surface area contributed by atoms with Crippen LogP contribution in [0.4, 0.5) is 0 Å². The highest BCUT2D eigenvalue weighted by molar-refractivity contribution is 7.09. The fourth-order valence-electron chi connectivity index (χ4n) is 3.09. The lowest BCUT2D eigenvalue weighted by Crippen LogP contribution is -2.38. The van der Waals surface area contributed by atoms with Crippen molar-refractivity contribution in [1.29, 1.82) is 0 Å². The number of aliphatic hydroxyl groups is 1. The first-order chi connectivity index (χ1) is 12.6. The quantitative estimate of drug-likeness (QED) is 0.768. The van der Waals surface area contributed by atoms with Gasteiger partial charge in [-0.2, -0.15) is 5.10 Å². The van der Waals surface area contributed by atoms with E-state index in [1.165, 1.54) is 16.9 Å². The van der Waals surface area contributed by atoms with E-state index in [1.54, 1.807) is 11.8 Å². The molecule has 3 heterocycles. The molecular weight excluding hydrogens is 348 g/mol. The van der Waals surface area contributed by atoms with Crippen LogP contribution in [-0.4, -0.2) is 37.2 Å². The Morgan fingerprint density at radius 2 is 2.12 bits per heavy atom. The molecular formula is C19H20N4O2S. The number of carbonyl (C=O) groups is 1. The Balaban J connectivity index is 1.46. The van der Waals surface area contributed by atoms with E-state index in [-0.39, 0.29) is 5.91 Å². The molecule has 1 aliphatic rings. The highest BCUT2D eigenvalue weighted by Crippen LogP contribution is 2.21. The standard InChI is InChI=1S/C19H20N4O2S/c1-13(24)16-10-15-11-22(7-8-23(15)21-16)19(25)17-12-26-18(20-17)9-14-5-3-2-4-6-14/h2-6,10,12-13,24H,7-9,11H2,1H3/t13-/m1/s1. The van der Waals surface area contributed by atoms with Crippen LogP contribution < -0.4 is 0 Å². The molecule has 0 unspecified atom stereocenters. The largest absolute Gasteiger partial charge is 0.387 e. The minimum absolute atomic E-state index is 0.0494. The molecule has 0 saturated heterocycles. The lowest BCUT2D eigenvalue weighted by atomic mass is 10.2. The first-order valence-electron chi connectivity index (χ1n) is 8.62. The van der Waals surface area contributed by atoms with Crippen LogP contribution in [-0.2, 0) is 19.5 Å². The van der Waals surface area contributed by atoms with Gasteiger partial charge in [-0.25, -0.2) is 4.98 Å². The molecule has 26 heavy (non-hydrogen) atoms. The summed E-state index contributed by atoms with van der Waals surface area (Å²) in [5.41, 5.74) is 3.28. The van der Waals surface area contributed by atoms with Gasteiger partial charge in [0, 0.05) is 18.3 Å². The Morgan fingerprint density at radius 1 is 1.31 bits per heavy atom. The van der Waals surface area contributed by atoms with Gasteiger partial charge in [-0.1, -0.05) is 30.3 Å². The number of hydrogen-bond acceptors (Lipinski definition) is 5. The maximum absolute atomic E-state index is 12.8. The molecule has 0 saturated carbocycles. The van der Waals surface area contributed by atoms with E-state index < -0.39 is 6.10 Å². The Kier molecular flexibility index (Phi) is 4.57. The fourth-order valence-corrected chi connectivity index (χ4v) is 3.89. The maximum Gasteiger partial charge on any atom is 0.273 e. The topological polar surface area (TPSA) is 71.2 Å². The van der Waals surface area contributed by atoms with Crippen LogP contribution in [0.25, 0.3) is 0 Å². The summed E-state index contributed by atoms with van der Waals surface area (Å²) in [4.78, 5) is 19.1. The van der Waals surface area contributed by atoms with Gasteiger partial charge in [-0.15, -0.1) is 11.3 Å². The van der Waals surface area contributed by atoms with E-state index in [1.807, 2.05) is 34.3 Å². The van der Waals surface area contributed by atoms with Crippen LogP contribution in [0.5, 0.6) is 0 Å². The molecule has 4 rings (SSSR count). The zero-order valence-corrected chi connectivity index (χ0v) is 15.3. The van der Waals surface area contributed by atoms with Gasteiger partial charge in [0.1, 0.15) is 5.69 Å². The normalized spacial score (nSPS) is 14.9. The van der Waals surface area contributed by atoms with Crippen molar-refractivity contribution in [3.8, 4) is 0 Å². The minimum Gasteiger partial charge on any atom is -0.387 e. The molecule has 0 bridgehead atoms. The van der Waals surface area contributed by atoms with Crippen LogP contribution in [0.1, 0.15) is 45.5 Å². The summed E-state index contributed by atoms with van der Waals surface area (Å²) in [6, 6.07) is 12.0. The third-order valence-corrected chi connectivity index (χ3v) is 5.35. The van der Waals surface area contributed by atoms with Crippen molar-refractivity contribution in [2.24, 2.45) is 0 Å². The first-order valence-corrected chi connectivity index (χ1v) is 9.50. The van der Waals surface area contributed by atoms with E-state index >= 15 is 0 Å². The van der Waals surface area contributed by atoms with Gasteiger partial charge in [-0.05, 0) is 18.6 Å². The number of rotatable bonds is 4. The van der Waals surface area contributed by atoms with E-state index in [9.17, 15) is 9.90 Å². The number of aliphatic hydroxyl groups excluding tert-OH is 1. The third kappa shape index (κ3) is 3.40. The number of fused-ring (bicyclic) bond motifs is 1. The van der Waals surface area contributed by atoms with E-state index in [4.69, 9.17) is 0 Å². The summed E-state index contributed by atoms with van der Waals surface area (Å²) in [7, 11) is 0. The molecule has 2 aromatic heterocycles. The predicted octanol–water partition coefficient (Wildman–Crippen LogP) is 2.64. The van der Waals surface area contributed by atoms with Gasteiger partial charge in [0.05, 0.1) is 35.6 Å². The van der Waals surface area contributed by atoms with Crippen molar-refractivity contribution < 1.29 is 9.90 Å². The molecule has 1 amide bonds. The summed E-state index contributed by atoms with van der Waals surface area (Å²) in [6.45, 7) is 3.41. The van der Waals surface area contributed by atoms with Crippen molar-refractivity contribution in [3.05, 3.63) is 69.4 Å². The second kappa shape index (κ2) is 7.01. The van der Waals surface area contributed by atoms with Crippen molar-refractivity contribution >= 4 is 17.2 Å². The fraction of sp³-hybridized carbons (Fsp3) is 0.316. The molecule has 6 nitrogen and oxygen atoms in total. The molecule has 0 fully saturated rings. The van der Waals surface area contributed by atoms with Gasteiger partial charge in [0.15, 0.2) is 0 Å². The summed E-state index contributed by atoms with van der Waals surface area (Å²) in [5.74, 6) is -0.0494. The number of benzene rings is 1. The van der Waals surface area contributed by atoms with E-state index in [0.717, 1.165) is 17.1 Å².